The van der Waals surface area contributed by atoms with Crippen LogP contribution in [0.5, 0.6) is 5.75 Å². The SMILES string of the molecule is CCOC(CC(=O)O)c1ccc(O[Si](C)(C)C(C)(C)C)cc1. The monoisotopic (exact) mass is 324 g/mol. The van der Waals surface area contributed by atoms with E-state index in [4.69, 9.17) is 14.3 Å². The summed E-state index contributed by atoms with van der Waals surface area (Å²) < 4.78 is 11.7. The third kappa shape index (κ3) is 5.14. The van der Waals surface area contributed by atoms with Crippen molar-refractivity contribution in [2.45, 2.75) is 58.4 Å². The van der Waals surface area contributed by atoms with Gasteiger partial charge in [-0.1, -0.05) is 32.9 Å². The number of aliphatic carboxylic acids is 1. The Balaban J connectivity index is 2.87. The van der Waals surface area contributed by atoms with Gasteiger partial charge in [0.05, 0.1) is 12.5 Å². The van der Waals surface area contributed by atoms with E-state index in [0.717, 1.165) is 11.3 Å². The molecule has 0 spiro atoms. The summed E-state index contributed by atoms with van der Waals surface area (Å²) in [5, 5.41) is 9.11. The molecule has 0 aromatic heterocycles. The summed E-state index contributed by atoms with van der Waals surface area (Å²) in [5.41, 5.74) is 0.867. The van der Waals surface area contributed by atoms with E-state index in [1.165, 1.54) is 0 Å². The van der Waals surface area contributed by atoms with Crippen LogP contribution in [0.25, 0.3) is 0 Å². The van der Waals surface area contributed by atoms with Gasteiger partial charge in [-0.25, -0.2) is 0 Å². The first-order valence-electron chi connectivity index (χ1n) is 7.69. The van der Waals surface area contributed by atoms with E-state index in [1.54, 1.807) is 0 Å². The minimum absolute atomic E-state index is 0.0315. The molecule has 1 unspecified atom stereocenters. The molecule has 1 aromatic carbocycles. The average Bonchev–Trinajstić information content (AvgIpc) is 2.37. The second-order valence-electron chi connectivity index (χ2n) is 6.97. The zero-order valence-corrected chi connectivity index (χ0v) is 15.5. The average molecular weight is 324 g/mol. The first kappa shape index (κ1) is 18.7. The summed E-state index contributed by atoms with van der Waals surface area (Å²) in [4.78, 5) is 10.9. The molecule has 0 saturated heterocycles. The highest BCUT2D eigenvalue weighted by molar-refractivity contribution is 6.74. The Morgan fingerprint density at radius 2 is 1.77 bits per heavy atom. The van der Waals surface area contributed by atoms with E-state index in [1.807, 2.05) is 31.2 Å². The number of rotatable bonds is 7. The maximum absolute atomic E-state index is 10.9. The largest absolute Gasteiger partial charge is 0.544 e. The van der Waals surface area contributed by atoms with Crippen molar-refractivity contribution in [3.63, 3.8) is 0 Å². The van der Waals surface area contributed by atoms with Crippen molar-refractivity contribution in [3.8, 4) is 5.75 Å². The molecule has 0 aliphatic carbocycles. The lowest BCUT2D eigenvalue weighted by Crippen LogP contribution is -2.43. The van der Waals surface area contributed by atoms with Gasteiger partial charge in [0.2, 0.25) is 8.32 Å². The number of carbonyl (C=O) groups is 1. The van der Waals surface area contributed by atoms with Gasteiger partial charge >= 0.3 is 5.97 Å². The minimum Gasteiger partial charge on any atom is -0.544 e. The molecule has 22 heavy (non-hydrogen) atoms. The minimum atomic E-state index is -1.86. The molecular weight excluding hydrogens is 296 g/mol. The van der Waals surface area contributed by atoms with Crippen molar-refractivity contribution in [1.82, 2.24) is 0 Å². The van der Waals surface area contributed by atoms with Crippen LogP contribution in [0, 0.1) is 0 Å². The summed E-state index contributed by atoms with van der Waals surface area (Å²) in [6.07, 6.45) is -0.444. The Bertz CT molecular complexity index is 488. The van der Waals surface area contributed by atoms with Gasteiger partial charge in [-0.2, -0.15) is 0 Å². The van der Waals surface area contributed by atoms with Gasteiger partial charge < -0.3 is 14.3 Å². The van der Waals surface area contributed by atoms with Crippen LogP contribution in [0.4, 0.5) is 0 Å². The van der Waals surface area contributed by atoms with Crippen LogP contribution in [0.1, 0.15) is 45.8 Å². The number of benzene rings is 1. The highest BCUT2D eigenvalue weighted by Gasteiger charge is 2.38. The molecule has 1 N–H and O–H groups in total. The van der Waals surface area contributed by atoms with Crippen molar-refractivity contribution in [2.75, 3.05) is 6.61 Å². The molecule has 0 heterocycles. The van der Waals surface area contributed by atoms with Gasteiger partial charge in [0, 0.05) is 6.61 Å². The fraction of sp³-hybridized carbons (Fsp3) is 0.588. The number of ether oxygens (including phenoxy) is 1. The highest BCUT2D eigenvalue weighted by Crippen LogP contribution is 2.37. The zero-order valence-electron chi connectivity index (χ0n) is 14.5. The fourth-order valence-corrected chi connectivity index (χ4v) is 2.86. The molecule has 4 nitrogen and oxygen atoms in total. The van der Waals surface area contributed by atoms with E-state index in [9.17, 15) is 4.79 Å². The topological polar surface area (TPSA) is 55.8 Å². The summed E-state index contributed by atoms with van der Waals surface area (Å²) in [7, 11) is -1.86. The van der Waals surface area contributed by atoms with Crippen LogP contribution in [0.2, 0.25) is 18.1 Å². The molecule has 0 bridgehead atoms. The van der Waals surface area contributed by atoms with Crippen molar-refractivity contribution in [3.05, 3.63) is 29.8 Å². The number of hydrogen-bond donors (Lipinski definition) is 1. The van der Waals surface area contributed by atoms with Gasteiger partial charge in [-0.05, 0) is 42.8 Å². The number of hydrogen-bond acceptors (Lipinski definition) is 3. The Labute approximate surface area is 134 Å². The third-order valence-corrected chi connectivity index (χ3v) is 8.52. The lowest BCUT2D eigenvalue weighted by atomic mass is 10.1. The molecule has 5 heteroatoms. The van der Waals surface area contributed by atoms with Crippen LogP contribution in [-0.4, -0.2) is 26.0 Å². The van der Waals surface area contributed by atoms with E-state index in [0.29, 0.717) is 6.61 Å². The van der Waals surface area contributed by atoms with E-state index < -0.39 is 20.4 Å². The number of carboxylic acid groups (broad SMARTS) is 1. The first-order valence-corrected chi connectivity index (χ1v) is 10.6. The lowest BCUT2D eigenvalue weighted by Gasteiger charge is -2.36. The molecule has 0 amide bonds. The molecule has 1 atom stereocenters. The van der Waals surface area contributed by atoms with E-state index in [2.05, 4.69) is 33.9 Å². The summed E-state index contributed by atoms with van der Waals surface area (Å²) in [6.45, 7) is 13.4. The fourth-order valence-electron chi connectivity index (χ4n) is 1.83. The van der Waals surface area contributed by atoms with Crippen molar-refractivity contribution in [2.24, 2.45) is 0 Å². The summed E-state index contributed by atoms with van der Waals surface area (Å²) in [5.74, 6) is -0.0269. The maximum atomic E-state index is 10.9. The highest BCUT2D eigenvalue weighted by atomic mass is 28.4. The van der Waals surface area contributed by atoms with Gasteiger partial charge in [-0.3, -0.25) is 4.79 Å². The standard InChI is InChI=1S/C17H28O4Si/c1-7-20-15(12-16(18)19)13-8-10-14(11-9-13)21-22(5,6)17(2,3)4/h8-11,15H,7,12H2,1-6H3,(H,18,19). The normalized spacial score (nSPS) is 13.7. The smallest absolute Gasteiger partial charge is 0.306 e. The van der Waals surface area contributed by atoms with E-state index >= 15 is 0 Å². The molecule has 1 rings (SSSR count). The molecule has 1 aromatic rings. The summed E-state index contributed by atoms with van der Waals surface area (Å²) in [6, 6.07) is 7.60. The Morgan fingerprint density at radius 3 is 2.18 bits per heavy atom. The van der Waals surface area contributed by atoms with Crippen LogP contribution in [-0.2, 0) is 9.53 Å². The second-order valence-corrected chi connectivity index (χ2v) is 11.7. The Hall–Kier alpha value is -1.33. The summed E-state index contributed by atoms with van der Waals surface area (Å²) >= 11 is 0. The Morgan fingerprint density at radius 1 is 1.23 bits per heavy atom. The van der Waals surface area contributed by atoms with Crippen molar-refractivity contribution >= 4 is 14.3 Å². The van der Waals surface area contributed by atoms with Gasteiger partial charge in [0.25, 0.3) is 0 Å². The van der Waals surface area contributed by atoms with Gasteiger partial charge in [0.15, 0.2) is 0 Å². The molecule has 0 fully saturated rings. The third-order valence-electron chi connectivity index (χ3n) is 4.16. The van der Waals surface area contributed by atoms with Gasteiger partial charge in [-0.15, -0.1) is 0 Å². The van der Waals surface area contributed by atoms with E-state index in [-0.39, 0.29) is 11.5 Å². The maximum Gasteiger partial charge on any atom is 0.306 e. The molecule has 0 aliphatic rings. The molecule has 0 radical (unpaired) electrons. The Kier molecular flexibility index (Phi) is 6.20. The zero-order chi connectivity index (χ0) is 17.0. The first-order chi connectivity index (χ1) is 10.1. The lowest BCUT2D eigenvalue weighted by molar-refractivity contribution is -0.140. The van der Waals surface area contributed by atoms with Crippen LogP contribution >= 0.6 is 0 Å². The van der Waals surface area contributed by atoms with Crippen LogP contribution < -0.4 is 4.43 Å². The molecule has 0 aliphatic heterocycles. The molecular formula is C17H28O4Si. The van der Waals surface area contributed by atoms with Crippen molar-refractivity contribution < 1.29 is 19.1 Å². The van der Waals surface area contributed by atoms with Crippen LogP contribution in [0.15, 0.2) is 24.3 Å². The molecule has 124 valence electrons. The predicted octanol–water partition coefficient (Wildman–Crippen LogP) is 4.62. The van der Waals surface area contributed by atoms with Crippen molar-refractivity contribution in [1.29, 1.82) is 0 Å². The molecule has 0 saturated carbocycles. The quantitative estimate of drug-likeness (QED) is 0.743. The van der Waals surface area contributed by atoms with Gasteiger partial charge in [0.1, 0.15) is 5.75 Å². The van der Waals surface area contributed by atoms with Crippen LogP contribution in [0.3, 0.4) is 0 Å². The second kappa shape index (κ2) is 7.29. The predicted molar refractivity (Wildman–Crippen MR) is 90.9 cm³/mol. The number of carboxylic acids is 1.